The summed E-state index contributed by atoms with van der Waals surface area (Å²) in [5, 5.41) is 8.15. The van der Waals surface area contributed by atoms with Gasteiger partial charge in [0.25, 0.3) is 0 Å². The molecular weight excluding hydrogens is 186 g/mol. The van der Waals surface area contributed by atoms with Gasteiger partial charge in [-0.1, -0.05) is 43.2 Å². The van der Waals surface area contributed by atoms with Gasteiger partial charge in [-0.3, -0.25) is 0 Å². The Morgan fingerprint density at radius 3 is 3.07 bits per heavy atom. The monoisotopic (exact) mass is 201 g/mol. The van der Waals surface area contributed by atoms with E-state index in [1.54, 1.807) is 0 Å². The molecule has 2 rings (SSSR count). The standard InChI is InChI=1S/C12H15N3/c1-2-3-4-7-10-15-12-9-6-5-8-11(12)13-14-15/h5-10H,2-4H2,1H3/b10-7-. The van der Waals surface area contributed by atoms with E-state index in [2.05, 4.69) is 23.3 Å². The molecule has 0 radical (unpaired) electrons. The lowest BCUT2D eigenvalue weighted by atomic mass is 10.2. The predicted octanol–water partition coefficient (Wildman–Crippen LogP) is 3.09. The Balaban J connectivity index is 2.17. The van der Waals surface area contributed by atoms with Crippen molar-refractivity contribution in [3.05, 3.63) is 30.3 Å². The molecule has 0 saturated carbocycles. The third-order valence-electron chi connectivity index (χ3n) is 2.35. The third-order valence-corrected chi connectivity index (χ3v) is 2.35. The fourth-order valence-corrected chi connectivity index (χ4v) is 1.49. The van der Waals surface area contributed by atoms with Crippen molar-refractivity contribution >= 4 is 17.2 Å². The lowest BCUT2D eigenvalue weighted by Crippen LogP contribution is -1.88. The number of hydrogen-bond donors (Lipinski definition) is 0. The summed E-state index contributed by atoms with van der Waals surface area (Å²) in [5.41, 5.74) is 2.00. The number of allylic oxidation sites excluding steroid dienone is 1. The van der Waals surface area contributed by atoms with Gasteiger partial charge in [0.1, 0.15) is 5.52 Å². The fourth-order valence-electron chi connectivity index (χ4n) is 1.49. The number of rotatable bonds is 4. The van der Waals surface area contributed by atoms with Gasteiger partial charge < -0.3 is 0 Å². The first-order valence-electron chi connectivity index (χ1n) is 5.38. The maximum atomic E-state index is 4.08. The van der Waals surface area contributed by atoms with Crippen molar-refractivity contribution in [2.24, 2.45) is 0 Å². The van der Waals surface area contributed by atoms with Crippen LogP contribution in [-0.4, -0.2) is 15.0 Å². The second-order valence-electron chi connectivity index (χ2n) is 3.55. The van der Waals surface area contributed by atoms with Gasteiger partial charge in [0, 0.05) is 6.20 Å². The Labute approximate surface area is 89.4 Å². The molecule has 0 atom stereocenters. The van der Waals surface area contributed by atoms with Crippen molar-refractivity contribution in [2.45, 2.75) is 26.2 Å². The van der Waals surface area contributed by atoms with Crippen molar-refractivity contribution in [2.75, 3.05) is 0 Å². The summed E-state index contributed by atoms with van der Waals surface area (Å²) in [6.07, 6.45) is 7.69. The predicted molar refractivity (Wildman–Crippen MR) is 62.4 cm³/mol. The Hall–Kier alpha value is -1.64. The summed E-state index contributed by atoms with van der Waals surface area (Å²) >= 11 is 0. The molecular formula is C12H15N3. The maximum absolute atomic E-state index is 4.08. The normalized spacial score (nSPS) is 11.5. The van der Waals surface area contributed by atoms with Gasteiger partial charge >= 0.3 is 0 Å². The minimum Gasteiger partial charge on any atom is -0.220 e. The molecule has 0 aliphatic carbocycles. The molecule has 15 heavy (non-hydrogen) atoms. The number of aromatic nitrogens is 3. The summed E-state index contributed by atoms with van der Waals surface area (Å²) in [5.74, 6) is 0. The average Bonchev–Trinajstić information content (AvgIpc) is 2.68. The van der Waals surface area contributed by atoms with Gasteiger partial charge in [0.05, 0.1) is 5.52 Å². The summed E-state index contributed by atoms with van der Waals surface area (Å²) < 4.78 is 1.82. The minimum absolute atomic E-state index is 0.942. The van der Waals surface area contributed by atoms with E-state index in [0.29, 0.717) is 0 Å². The third kappa shape index (κ3) is 2.24. The Bertz CT molecular complexity index is 457. The van der Waals surface area contributed by atoms with Gasteiger partial charge in [0.15, 0.2) is 0 Å². The van der Waals surface area contributed by atoms with Crippen molar-refractivity contribution in [1.29, 1.82) is 0 Å². The van der Waals surface area contributed by atoms with E-state index in [1.807, 2.05) is 35.1 Å². The number of benzene rings is 1. The number of para-hydroxylation sites is 1. The SMILES string of the molecule is CCCC/C=C\n1nnc2ccccc21. The zero-order chi connectivity index (χ0) is 10.5. The van der Waals surface area contributed by atoms with Gasteiger partial charge in [-0.2, -0.15) is 0 Å². The summed E-state index contributed by atoms with van der Waals surface area (Å²) in [4.78, 5) is 0. The Kier molecular flexibility index (Phi) is 3.12. The molecule has 3 nitrogen and oxygen atoms in total. The van der Waals surface area contributed by atoms with E-state index in [0.717, 1.165) is 17.5 Å². The molecule has 0 fully saturated rings. The van der Waals surface area contributed by atoms with Crippen LogP contribution >= 0.6 is 0 Å². The van der Waals surface area contributed by atoms with Crippen LogP contribution in [0.5, 0.6) is 0 Å². The van der Waals surface area contributed by atoms with Crippen LogP contribution in [0, 0.1) is 0 Å². The van der Waals surface area contributed by atoms with Gasteiger partial charge in [-0.15, -0.1) is 5.10 Å². The molecule has 0 amide bonds. The van der Waals surface area contributed by atoms with Crippen molar-refractivity contribution in [3.63, 3.8) is 0 Å². The minimum atomic E-state index is 0.942. The molecule has 0 aliphatic heterocycles. The quantitative estimate of drug-likeness (QED) is 0.712. The van der Waals surface area contributed by atoms with Crippen LogP contribution < -0.4 is 0 Å². The summed E-state index contributed by atoms with van der Waals surface area (Å²) in [6.45, 7) is 2.19. The molecule has 0 aliphatic rings. The highest BCUT2D eigenvalue weighted by Gasteiger charge is 1.98. The van der Waals surface area contributed by atoms with Crippen LogP contribution in [0.1, 0.15) is 26.2 Å². The summed E-state index contributed by atoms with van der Waals surface area (Å²) in [6, 6.07) is 7.97. The van der Waals surface area contributed by atoms with Crippen molar-refractivity contribution in [3.8, 4) is 0 Å². The molecule has 1 aromatic heterocycles. The first kappa shape index (κ1) is 9.90. The smallest absolute Gasteiger partial charge is 0.113 e. The Morgan fingerprint density at radius 1 is 1.33 bits per heavy atom. The van der Waals surface area contributed by atoms with Gasteiger partial charge in [0.2, 0.25) is 0 Å². The van der Waals surface area contributed by atoms with Crippen LogP contribution in [-0.2, 0) is 0 Å². The van der Waals surface area contributed by atoms with E-state index >= 15 is 0 Å². The van der Waals surface area contributed by atoms with E-state index in [-0.39, 0.29) is 0 Å². The van der Waals surface area contributed by atoms with E-state index < -0.39 is 0 Å². The van der Waals surface area contributed by atoms with Crippen LogP contribution in [0.15, 0.2) is 30.3 Å². The molecule has 1 aromatic carbocycles. The first-order valence-corrected chi connectivity index (χ1v) is 5.38. The molecule has 78 valence electrons. The molecule has 0 spiro atoms. The van der Waals surface area contributed by atoms with Crippen molar-refractivity contribution in [1.82, 2.24) is 15.0 Å². The molecule has 0 unspecified atom stereocenters. The molecule has 0 N–H and O–H groups in total. The highest BCUT2D eigenvalue weighted by Crippen LogP contribution is 2.10. The molecule has 2 aromatic rings. The molecule has 1 heterocycles. The highest BCUT2D eigenvalue weighted by atomic mass is 15.4. The zero-order valence-corrected chi connectivity index (χ0v) is 8.93. The van der Waals surface area contributed by atoms with Crippen molar-refractivity contribution < 1.29 is 0 Å². The molecule has 0 bridgehead atoms. The lowest BCUT2D eigenvalue weighted by Gasteiger charge is -1.93. The maximum Gasteiger partial charge on any atom is 0.113 e. The highest BCUT2D eigenvalue weighted by molar-refractivity contribution is 5.75. The fraction of sp³-hybridized carbons (Fsp3) is 0.333. The van der Waals surface area contributed by atoms with Crippen LogP contribution in [0.2, 0.25) is 0 Å². The second kappa shape index (κ2) is 4.73. The van der Waals surface area contributed by atoms with Gasteiger partial charge in [-0.25, -0.2) is 4.68 Å². The Morgan fingerprint density at radius 2 is 2.20 bits per heavy atom. The topological polar surface area (TPSA) is 30.7 Å². The largest absolute Gasteiger partial charge is 0.220 e. The van der Waals surface area contributed by atoms with Gasteiger partial charge in [-0.05, 0) is 18.6 Å². The molecule has 3 heteroatoms. The number of fused-ring (bicyclic) bond motifs is 1. The number of hydrogen-bond acceptors (Lipinski definition) is 2. The van der Waals surface area contributed by atoms with Crippen LogP contribution in [0.3, 0.4) is 0 Å². The molecule has 0 saturated heterocycles. The van der Waals surface area contributed by atoms with E-state index in [1.165, 1.54) is 12.8 Å². The van der Waals surface area contributed by atoms with Crippen LogP contribution in [0.25, 0.3) is 17.2 Å². The lowest BCUT2D eigenvalue weighted by molar-refractivity contribution is 0.808. The van der Waals surface area contributed by atoms with E-state index in [4.69, 9.17) is 0 Å². The van der Waals surface area contributed by atoms with E-state index in [9.17, 15) is 0 Å². The second-order valence-corrected chi connectivity index (χ2v) is 3.55. The summed E-state index contributed by atoms with van der Waals surface area (Å²) in [7, 11) is 0. The number of unbranched alkanes of at least 4 members (excludes halogenated alkanes) is 2. The number of nitrogens with zero attached hydrogens (tertiary/aromatic N) is 3. The van der Waals surface area contributed by atoms with Crippen LogP contribution in [0.4, 0.5) is 0 Å². The average molecular weight is 201 g/mol. The zero-order valence-electron chi connectivity index (χ0n) is 8.93. The first-order chi connectivity index (χ1) is 7.42.